The number of ether oxygens (including phenoxy) is 1. The molecule has 3 nitrogen and oxygen atoms in total. The van der Waals surface area contributed by atoms with Gasteiger partial charge < -0.3 is 10.1 Å². The molecule has 0 aliphatic carbocycles. The van der Waals surface area contributed by atoms with Gasteiger partial charge in [-0.15, -0.1) is 0 Å². The van der Waals surface area contributed by atoms with E-state index in [4.69, 9.17) is 4.74 Å². The topological polar surface area (TPSA) is 24.5 Å². The average molecular weight is 240 g/mol. The van der Waals surface area contributed by atoms with E-state index in [0.717, 1.165) is 19.6 Å². The second-order valence-electron chi connectivity index (χ2n) is 6.09. The van der Waals surface area contributed by atoms with Crippen molar-refractivity contribution >= 4 is 0 Å². The van der Waals surface area contributed by atoms with E-state index in [1.807, 2.05) is 7.11 Å². The van der Waals surface area contributed by atoms with Crippen LogP contribution in [0.3, 0.4) is 0 Å². The summed E-state index contributed by atoms with van der Waals surface area (Å²) >= 11 is 0. The molecule has 1 aliphatic rings. The van der Waals surface area contributed by atoms with Gasteiger partial charge in [-0.1, -0.05) is 6.58 Å². The first-order valence-electron chi connectivity index (χ1n) is 6.57. The van der Waals surface area contributed by atoms with Crippen molar-refractivity contribution in [2.75, 3.05) is 33.3 Å². The molecule has 0 amide bonds. The molecule has 3 heteroatoms. The first-order chi connectivity index (χ1) is 7.90. The fourth-order valence-corrected chi connectivity index (χ4v) is 2.11. The molecule has 0 saturated carbocycles. The van der Waals surface area contributed by atoms with E-state index in [2.05, 4.69) is 37.6 Å². The number of rotatable bonds is 5. The van der Waals surface area contributed by atoms with Crippen molar-refractivity contribution in [1.82, 2.24) is 10.2 Å². The van der Waals surface area contributed by atoms with Crippen LogP contribution >= 0.6 is 0 Å². The normalized spacial score (nSPS) is 22.7. The van der Waals surface area contributed by atoms with Crippen LogP contribution in [0.1, 0.15) is 33.6 Å². The number of piperidine rings is 1. The molecule has 100 valence electrons. The summed E-state index contributed by atoms with van der Waals surface area (Å²) in [5.74, 6) is 0. The fourth-order valence-electron chi connectivity index (χ4n) is 2.11. The molecule has 0 aromatic rings. The zero-order chi connectivity index (χ0) is 12.9. The van der Waals surface area contributed by atoms with Crippen molar-refractivity contribution in [1.29, 1.82) is 0 Å². The van der Waals surface area contributed by atoms with Crippen molar-refractivity contribution < 1.29 is 4.74 Å². The van der Waals surface area contributed by atoms with Crippen molar-refractivity contribution in [3.05, 3.63) is 12.2 Å². The molecule has 1 heterocycles. The molecule has 1 N–H and O–H groups in total. The molecule has 1 atom stereocenters. The highest BCUT2D eigenvalue weighted by molar-refractivity contribution is 5.01. The van der Waals surface area contributed by atoms with E-state index in [1.54, 1.807) is 0 Å². The minimum Gasteiger partial charge on any atom is -0.380 e. The maximum atomic E-state index is 5.43. The van der Waals surface area contributed by atoms with Crippen LogP contribution in [0, 0.1) is 0 Å². The molecule has 1 fully saturated rings. The third-order valence-electron chi connectivity index (χ3n) is 3.11. The summed E-state index contributed by atoms with van der Waals surface area (Å²) in [6.45, 7) is 14.8. The molecular weight excluding hydrogens is 212 g/mol. The van der Waals surface area contributed by atoms with Crippen LogP contribution in [0.15, 0.2) is 12.2 Å². The Morgan fingerprint density at radius 2 is 2.18 bits per heavy atom. The first-order valence-corrected chi connectivity index (χ1v) is 6.57. The summed E-state index contributed by atoms with van der Waals surface area (Å²) in [6, 6.07) is 0. The van der Waals surface area contributed by atoms with Crippen LogP contribution in [0.5, 0.6) is 0 Å². The zero-order valence-electron chi connectivity index (χ0n) is 11.9. The Labute approximate surface area is 106 Å². The molecule has 0 spiro atoms. The molecule has 1 unspecified atom stereocenters. The number of nitrogens with one attached hydrogen (secondary N) is 1. The standard InChI is InChI=1S/C14H28N2O/c1-12(9-15-14(2,3)4)10-16-8-6-7-13(11-16)17-5/h13,15H,1,6-11H2,2-5H3. The minimum atomic E-state index is 0.167. The minimum absolute atomic E-state index is 0.167. The smallest absolute Gasteiger partial charge is 0.0698 e. The van der Waals surface area contributed by atoms with Gasteiger partial charge in [0.1, 0.15) is 0 Å². The molecule has 0 bridgehead atoms. The van der Waals surface area contributed by atoms with Gasteiger partial charge in [-0.3, -0.25) is 4.90 Å². The number of hydrogen-bond donors (Lipinski definition) is 1. The fraction of sp³-hybridized carbons (Fsp3) is 0.857. The lowest BCUT2D eigenvalue weighted by Crippen LogP contribution is -2.42. The Balaban J connectivity index is 2.26. The molecule has 1 aliphatic heterocycles. The van der Waals surface area contributed by atoms with E-state index >= 15 is 0 Å². The Hall–Kier alpha value is -0.380. The van der Waals surface area contributed by atoms with Crippen LogP contribution in [-0.2, 0) is 4.74 Å². The Morgan fingerprint density at radius 3 is 2.76 bits per heavy atom. The second-order valence-corrected chi connectivity index (χ2v) is 6.09. The van der Waals surface area contributed by atoms with Gasteiger partial charge in [0, 0.05) is 32.3 Å². The summed E-state index contributed by atoms with van der Waals surface area (Å²) in [5, 5.41) is 3.48. The van der Waals surface area contributed by atoms with Crippen molar-refractivity contribution in [2.45, 2.75) is 45.3 Å². The summed E-state index contributed by atoms with van der Waals surface area (Å²) in [4.78, 5) is 2.45. The summed E-state index contributed by atoms with van der Waals surface area (Å²) in [5.41, 5.74) is 1.43. The summed E-state index contributed by atoms with van der Waals surface area (Å²) in [6.07, 6.45) is 2.84. The first kappa shape index (κ1) is 14.7. The lowest BCUT2D eigenvalue weighted by molar-refractivity contribution is 0.0346. The van der Waals surface area contributed by atoms with Crippen molar-refractivity contribution in [2.24, 2.45) is 0 Å². The molecular formula is C14H28N2O. The van der Waals surface area contributed by atoms with Crippen LogP contribution in [0.2, 0.25) is 0 Å². The summed E-state index contributed by atoms with van der Waals surface area (Å²) in [7, 11) is 1.81. The maximum absolute atomic E-state index is 5.43. The number of hydrogen-bond acceptors (Lipinski definition) is 3. The van der Waals surface area contributed by atoms with E-state index < -0.39 is 0 Å². The van der Waals surface area contributed by atoms with Crippen LogP contribution in [0.25, 0.3) is 0 Å². The predicted octanol–water partition coefficient (Wildman–Crippen LogP) is 2.04. The number of methoxy groups -OCH3 is 1. The van der Waals surface area contributed by atoms with Gasteiger partial charge in [0.25, 0.3) is 0 Å². The lowest BCUT2D eigenvalue weighted by Gasteiger charge is -2.32. The Morgan fingerprint density at radius 1 is 1.47 bits per heavy atom. The van der Waals surface area contributed by atoms with Gasteiger partial charge in [-0.05, 0) is 45.7 Å². The quantitative estimate of drug-likeness (QED) is 0.744. The number of nitrogens with zero attached hydrogens (tertiary/aromatic N) is 1. The van der Waals surface area contributed by atoms with Crippen LogP contribution in [-0.4, -0.2) is 49.8 Å². The van der Waals surface area contributed by atoms with Gasteiger partial charge in [-0.25, -0.2) is 0 Å². The monoisotopic (exact) mass is 240 g/mol. The molecule has 1 saturated heterocycles. The second kappa shape index (κ2) is 6.53. The van der Waals surface area contributed by atoms with Gasteiger partial charge in [0.15, 0.2) is 0 Å². The van der Waals surface area contributed by atoms with Gasteiger partial charge in [0.2, 0.25) is 0 Å². The molecule has 17 heavy (non-hydrogen) atoms. The largest absolute Gasteiger partial charge is 0.380 e. The lowest BCUT2D eigenvalue weighted by atomic mass is 10.1. The van der Waals surface area contributed by atoms with Crippen molar-refractivity contribution in [3.63, 3.8) is 0 Å². The van der Waals surface area contributed by atoms with Crippen LogP contribution in [0.4, 0.5) is 0 Å². The SMILES string of the molecule is C=C(CNC(C)(C)C)CN1CCCC(OC)C1. The molecule has 0 aromatic carbocycles. The van der Waals surface area contributed by atoms with E-state index in [9.17, 15) is 0 Å². The van der Waals surface area contributed by atoms with E-state index in [0.29, 0.717) is 6.10 Å². The summed E-state index contributed by atoms with van der Waals surface area (Å²) < 4.78 is 5.43. The zero-order valence-corrected chi connectivity index (χ0v) is 11.9. The third-order valence-corrected chi connectivity index (χ3v) is 3.11. The molecule has 0 aromatic heterocycles. The highest BCUT2D eigenvalue weighted by Crippen LogP contribution is 2.13. The molecule has 0 radical (unpaired) electrons. The maximum Gasteiger partial charge on any atom is 0.0698 e. The highest BCUT2D eigenvalue weighted by Gasteiger charge is 2.19. The van der Waals surface area contributed by atoms with E-state index in [-0.39, 0.29) is 5.54 Å². The van der Waals surface area contributed by atoms with Gasteiger partial charge in [-0.2, -0.15) is 0 Å². The van der Waals surface area contributed by atoms with Gasteiger partial charge >= 0.3 is 0 Å². The number of likely N-dealkylation sites (tertiary alicyclic amines) is 1. The highest BCUT2D eigenvalue weighted by atomic mass is 16.5. The van der Waals surface area contributed by atoms with Crippen molar-refractivity contribution in [3.8, 4) is 0 Å². The molecule has 1 rings (SSSR count). The predicted molar refractivity (Wildman–Crippen MR) is 73.4 cm³/mol. The Bertz CT molecular complexity index is 245. The third kappa shape index (κ3) is 6.20. The van der Waals surface area contributed by atoms with Crippen LogP contribution < -0.4 is 5.32 Å². The average Bonchev–Trinajstić information content (AvgIpc) is 2.26. The van der Waals surface area contributed by atoms with Gasteiger partial charge in [0.05, 0.1) is 6.10 Å². The Kier molecular flexibility index (Phi) is 5.63. The van der Waals surface area contributed by atoms with E-state index in [1.165, 1.54) is 25.0 Å².